The maximum absolute atomic E-state index is 5.90. The molecule has 0 amide bonds. The summed E-state index contributed by atoms with van der Waals surface area (Å²) in [6.45, 7) is 2.45. The number of ether oxygens (including phenoxy) is 1. The molecule has 1 N–H and O–H groups in total. The van der Waals surface area contributed by atoms with Crippen molar-refractivity contribution in [3.63, 3.8) is 0 Å². The third-order valence-electron chi connectivity index (χ3n) is 2.17. The molecule has 0 radical (unpaired) electrons. The van der Waals surface area contributed by atoms with Crippen molar-refractivity contribution in [3.05, 3.63) is 34.9 Å². The van der Waals surface area contributed by atoms with E-state index in [0.717, 1.165) is 24.8 Å². The number of hydrogen-bond acceptors (Lipinski definition) is 2. The number of rotatable bonds is 1. The van der Waals surface area contributed by atoms with Crippen LogP contribution >= 0.6 is 11.6 Å². The first-order valence-electron chi connectivity index (χ1n) is 4.43. The predicted octanol–water partition coefficient (Wildman–Crippen LogP) is 2.00. The van der Waals surface area contributed by atoms with E-state index in [4.69, 9.17) is 16.3 Å². The standard InChI is InChI=1S/C10H12ClNO/c11-9-3-1-2-8(6-9)10-7-13-5-4-12-10/h1-3,6,10,12H,4-5,7H2/t10-/m0/s1. The zero-order valence-electron chi connectivity index (χ0n) is 7.29. The maximum Gasteiger partial charge on any atom is 0.0662 e. The molecule has 0 unspecified atom stereocenters. The molecule has 70 valence electrons. The first-order valence-corrected chi connectivity index (χ1v) is 4.80. The van der Waals surface area contributed by atoms with Crippen LogP contribution in [0.15, 0.2) is 24.3 Å². The van der Waals surface area contributed by atoms with Gasteiger partial charge in [-0.25, -0.2) is 0 Å². The summed E-state index contributed by atoms with van der Waals surface area (Å²) in [5.74, 6) is 0. The number of nitrogens with one attached hydrogen (secondary N) is 1. The van der Waals surface area contributed by atoms with Gasteiger partial charge >= 0.3 is 0 Å². The average molecular weight is 198 g/mol. The summed E-state index contributed by atoms with van der Waals surface area (Å²) in [7, 11) is 0. The first-order chi connectivity index (χ1) is 6.36. The predicted molar refractivity (Wildman–Crippen MR) is 53.0 cm³/mol. The van der Waals surface area contributed by atoms with Gasteiger partial charge < -0.3 is 10.1 Å². The van der Waals surface area contributed by atoms with E-state index in [2.05, 4.69) is 11.4 Å². The molecule has 0 saturated carbocycles. The second-order valence-corrected chi connectivity index (χ2v) is 3.57. The van der Waals surface area contributed by atoms with Crippen LogP contribution in [0.1, 0.15) is 11.6 Å². The zero-order chi connectivity index (χ0) is 9.10. The average Bonchev–Trinajstić information content (AvgIpc) is 2.19. The van der Waals surface area contributed by atoms with E-state index in [1.54, 1.807) is 0 Å². The molecule has 1 aliphatic rings. The molecule has 2 rings (SSSR count). The summed E-state index contributed by atoms with van der Waals surface area (Å²) >= 11 is 5.90. The lowest BCUT2D eigenvalue weighted by atomic mass is 10.1. The molecule has 1 aromatic rings. The Balaban J connectivity index is 2.14. The Morgan fingerprint density at radius 3 is 3.08 bits per heavy atom. The molecule has 0 bridgehead atoms. The smallest absolute Gasteiger partial charge is 0.0662 e. The zero-order valence-corrected chi connectivity index (χ0v) is 8.05. The minimum Gasteiger partial charge on any atom is -0.378 e. The van der Waals surface area contributed by atoms with E-state index >= 15 is 0 Å². The second-order valence-electron chi connectivity index (χ2n) is 3.14. The highest BCUT2D eigenvalue weighted by molar-refractivity contribution is 6.30. The number of hydrogen-bond donors (Lipinski definition) is 1. The fourth-order valence-electron chi connectivity index (χ4n) is 1.50. The Hall–Kier alpha value is -0.570. The van der Waals surface area contributed by atoms with Crippen molar-refractivity contribution in [2.75, 3.05) is 19.8 Å². The van der Waals surface area contributed by atoms with Gasteiger partial charge in [0.05, 0.1) is 19.3 Å². The highest BCUT2D eigenvalue weighted by Gasteiger charge is 2.14. The molecule has 0 aliphatic carbocycles. The lowest BCUT2D eigenvalue weighted by molar-refractivity contribution is 0.0769. The molecular formula is C10H12ClNO. The van der Waals surface area contributed by atoms with Crippen molar-refractivity contribution in [1.82, 2.24) is 5.32 Å². The van der Waals surface area contributed by atoms with Gasteiger partial charge in [-0.1, -0.05) is 23.7 Å². The summed E-state index contributed by atoms with van der Waals surface area (Å²) in [6, 6.07) is 8.20. The maximum atomic E-state index is 5.90. The Labute approximate surface area is 82.9 Å². The van der Waals surface area contributed by atoms with Crippen LogP contribution in [0.5, 0.6) is 0 Å². The molecular weight excluding hydrogens is 186 g/mol. The molecule has 2 nitrogen and oxygen atoms in total. The highest BCUT2D eigenvalue weighted by atomic mass is 35.5. The normalized spacial score (nSPS) is 23.0. The van der Waals surface area contributed by atoms with Crippen LogP contribution in [0, 0.1) is 0 Å². The minimum atomic E-state index is 0.299. The van der Waals surface area contributed by atoms with Crippen LogP contribution in [0.25, 0.3) is 0 Å². The van der Waals surface area contributed by atoms with Gasteiger partial charge in [-0.3, -0.25) is 0 Å². The summed E-state index contributed by atoms with van der Waals surface area (Å²) in [5, 5.41) is 4.16. The summed E-state index contributed by atoms with van der Waals surface area (Å²) in [4.78, 5) is 0. The van der Waals surface area contributed by atoms with Gasteiger partial charge in [-0.2, -0.15) is 0 Å². The number of morpholine rings is 1. The largest absolute Gasteiger partial charge is 0.378 e. The first kappa shape index (κ1) is 9.00. The van der Waals surface area contributed by atoms with Crippen LogP contribution in [-0.4, -0.2) is 19.8 Å². The van der Waals surface area contributed by atoms with Crippen molar-refractivity contribution in [2.24, 2.45) is 0 Å². The van der Waals surface area contributed by atoms with Crippen molar-refractivity contribution in [3.8, 4) is 0 Å². The lowest BCUT2D eigenvalue weighted by Gasteiger charge is -2.24. The summed E-state index contributed by atoms with van der Waals surface area (Å²) in [5.41, 5.74) is 1.20. The van der Waals surface area contributed by atoms with Crippen LogP contribution in [0.4, 0.5) is 0 Å². The van der Waals surface area contributed by atoms with Gasteiger partial charge in [-0.05, 0) is 17.7 Å². The Morgan fingerprint density at radius 1 is 1.46 bits per heavy atom. The van der Waals surface area contributed by atoms with Crippen LogP contribution in [0.3, 0.4) is 0 Å². The van der Waals surface area contributed by atoms with E-state index in [-0.39, 0.29) is 0 Å². The molecule has 1 heterocycles. The highest BCUT2D eigenvalue weighted by Crippen LogP contribution is 2.19. The Morgan fingerprint density at radius 2 is 2.38 bits per heavy atom. The van der Waals surface area contributed by atoms with Crippen LogP contribution in [-0.2, 0) is 4.74 Å². The van der Waals surface area contributed by atoms with E-state index in [0.29, 0.717) is 6.04 Å². The molecule has 1 saturated heterocycles. The van der Waals surface area contributed by atoms with E-state index in [1.165, 1.54) is 5.56 Å². The van der Waals surface area contributed by atoms with E-state index in [9.17, 15) is 0 Å². The molecule has 1 aliphatic heterocycles. The Bertz CT molecular complexity index is 284. The van der Waals surface area contributed by atoms with Crippen LogP contribution in [0.2, 0.25) is 5.02 Å². The third kappa shape index (κ3) is 2.21. The second kappa shape index (κ2) is 4.09. The van der Waals surface area contributed by atoms with Gasteiger partial charge in [0, 0.05) is 11.6 Å². The van der Waals surface area contributed by atoms with Crippen molar-refractivity contribution < 1.29 is 4.74 Å². The van der Waals surface area contributed by atoms with E-state index in [1.807, 2.05) is 18.2 Å². The molecule has 0 spiro atoms. The SMILES string of the molecule is Clc1cccc([C@@H]2COCCN2)c1. The van der Waals surface area contributed by atoms with Crippen molar-refractivity contribution in [2.45, 2.75) is 6.04 Å². The minimum absolute atomic E-state index is 0.299. The Kier molecular flexibility index (Phi) is 2.83. The lowest BCUT2D eigenvalue weighted by Crippen LogP contribution is -2.34. The van der Waals surface area contributed by atoms with Crippen LogP contribution < -0.4 is 5.32 Å². The van der Waals surface area contributed by atoms with Crippen molar-refractivity contribution in [1.29, 1.82) is 0 Å². The summed E-state index contributed by atoms with van der Waals surface area (Å²) < 4.78 is 5.37. The molecule has 1 fully saturated rings. The van der Waals surface area contributed by atoms with Gasteiger partial charge in [0.25, 0.3) is 0 Å². The van der Waals surface area contributed by atoms with E-state index < -0.39 is 0 Å². The fraction of sp³-hybridized carbons (Fsp3) is 0.400. The molecule has 1 atom stereocenters. The summed E-state index contributed by atoms with van der Waals surface area (Å²) in [6.07, 6.45) is 0. The monoisotopic (exact) mass is 197 g/mol. The third-order valence-corrected chi connectivity index (χ3v) is 2.41. The molecule has 13 heavy (non-hydrogen) atoms. The van der Waals surface area contributed by atoms with Gasteiger partial charge in [0.15, 0.2) is 0 Å². The number of benzene rings is 1. The molecule has 1 aromatic carbocycles. The van der Waals surface area contributed by atoms with Gasteiger partial charge in [0.2, 0.25) is 0 Å². The fourth-order valence-corrected chi connectivity index (χ4v) is 1.70. The van der Waals surface area contributed by atoms with Crippen molar-refractivity contribution >= 4 is 11.6 Å². The quantitative estimate of drug-likeness (QED) is 0.744. The topological polar surface area (TPSA) is 21.3 Å². The molecule has 0 aromatic heterocycles. The van der Waals surface area contributed by atoms with Gasteiger partial charge in [-0.15, -0.1) is 0 Å². The number of halogens is 1. The molecule has 3 heteroatoms. The van der Waals surface area contributed by atoms with Gasteiger partial charge in [0.1, 0.15) is 0 Å².